The minimum Gasteiger partial charge on any atom is -0.490 e. The second kappa shape index (κ2) is 11.5. The summed E-state index contributed by atoms with van der Waals surface area (Å²) in [6.45, 7) is 4.76. The van der Waals surface area contributed by atoms with Crippen LogP contribution in [0, 0.1) is 11.8 Å². The third-order valence-electron chi connectivity index (χ3n) is 8.18. The first-order valence-corrected chi connectivity index (χ1v) is 14.0. The van der Waals surface area contributed by atoms with Crippen molar-refractivity contribution in [1.29, 1.82) is 0 Å². The number of carbonyl (C=O) groups is 1. The van der Waals surface area contributed by atoms with E-state index in [1.807, 2.05) is 37.3 Å². The molecule has 0 amide bonds. The second-order valence-electron chi connectivity index (χ2n) is 10.9. The van der Waals surface area contributed by atoms with Crippen molar-refractivity contribution in [2.24, 2.45) is 23.4 Å². The highest BCUT2D eigenvalue weighted by Crippen LogP contribution is 2.52. The highest BCUT2D eigenvalue weighted by Gasteiger charge is 2.45. The number of rotatable bonds is 10. The normalized spacial score (nSPS) is 20.4. The number of hydrazine groups is 1. The summed E-state index contributed by atoms with van der Waals surface area (Å²) in [5, 5.41) is 15.9. The van der Waals surface area contributed by atoms with Gasteiger partial charge in [0.1, 0.15) is 11.3 Å². The highest BCUT2D eigenvalue weighted by molar-refractivity contribution is 5.89. The zero-order valence-corrected chi connectivity index (χ0v) is 22.8. The van der Waals surface area contributed by atoms with Gasteiger partial charge < -0.3 is 20.6 Å². The van der Waals surface area contributed by atoms with Crippen LogP contribution in [-0.2, 0) is 0 Å². The molecule has 1 heterocycles. The summed E-state index contributed by atoms with van der Waals surface area (Å²) in [4.78, 5) is 12.1. The number of benzene rings is 2. The number of aromatic nitrogens is 2. The van der Waals surface area contributed by atoms with Crippen molar-refractivity contribution in [2.45, 2.75) is 64.4 Å². The number of nitrogens with two attached hydrogens (primary N) is 2. The van der Waals surface area contributed by atoms with Gasteiger partial charge in [-0.15, -0.1) is 0 Å². The SMILES string of the molecule is CCN(N)/C=C(\N)C1C[C@H]1c1c(C(=O)O)cnn1-c1cccc(-c2cccc(OC(C)C3CCCCC3)c2)c1. The van der Waals surface area contributed by atoms with Crippen molar-refractivity contribution < 1.29 is 14.6 Å². The van der Waals surface area contributed by atoms with Crippen LogP contribution in [-0.4, -0.2) is 38.5 Å². The predicted molar refractivity (Wildman–Crippen MR) is 152 cm³/mol. The van der Waals surface area contributed by atoms with Gasteiger partial charge in [-0.1, -0.05) is 43.5 Å². The number of allylic oxidation sites excluding steroid dienone is 1. The molecule has 3 aromatic rings. The Labute approximate surface area is 230 Å². The molecule has 2 unspecified atom stereocenters. The summed E-state index contributed by atoms with van der Waals surface area (Å²) in [6, 6.07) is 16.2. The maximum absolute atomic E-state index is 12.1. The fourth-order valence-electron chi connectivity index (χ4n) is 5.81. The molecule has 2 aromatic carbocycles. The molecule has 5 N–H and O–H groups in total. The molecule has 5 rings (SSSR count). The van der Waals surface area contributed by atoms with Gasteiger partial charge in [0.2, 0.25) is 0 Å². The topological polar surface area (TPSA) is 120 Å². The van der Waals surface area contributed by atoms with Crippen molar-refractivity contribution >= 4 is 5.97 Å². The molecule has 0 spiro atoms. The predicted octanol–water partition coefficient (Wildman–Crippen LogP) is 5.68. The van der Waals surface area contributed by atoms with Gasteiger partial charge in [-0.2, -0.15) is 5.10 Å². The Morgan fingerprint density at radius 1 is 1.18 bits per heavy atom. The van der Waals surface area contributed by atoms with E-state index < -0.39 is 5.97 Å². The van der Waals surface area contributed by atoms with Gasteiger partial charge in [-0.05, 0) is 74.4 Å². The minimum absolute atomic E-state index is 0.0271. The van der Waals surface area contributed by atoms with Crippen LogP contribution in [0.1, 0.15) is 74.3 Å². The number of hydrogen-bond donors (Lipinski definition) is 3. The number of nitrogens with zero attached hydrogens (tertiary/aromatic N) is 3. The Hall–Kier alpha value is -3.78. The molecule has 8 nitrogen and oxygen atoms in total. The second-order valence-corrected chi connectivity index (χ2v) is 10.9. The van der Waals surface area contributed by atoms with Gasteiger partial charge >= 0.3 is 5.97 Å². The lowest BCUT2D eigenvalue weighted by Crippen LogP contribution is -2.26. The van der Waals surface area contributed by atoms with Crippen LogP contribution in [0.5, 0.6) is 5.75 Å². The van der Waals surface area contributed by atoms with Crippen LogP contribution < -0.4 is 16.3 Å². The van der Waals surface area contributed by atoms with E-state index >= 15 is 0 Å². The van der Waals surface area contributed by atoms with Crippen LogP contribution in [0.15, 0.2) is 66.6 Å². The quantitative estimate of drug-likeness (QED) is 0.228. The fraction of sp³-hybridized carbons (Fsp3) is 0.419. The van der Waals surface area contributed by atoms with Crippen molar-refractivity contribution in [3.63, 3.8) is 0 Å². The molecule has 0 radical (unpaired) electrons. The van der Waals surface area contributed by atoms with Gasteiger partial charge in [0, 0.05) is 30.3 Å². The molecule has 1 aromatic heterocycles. The third kappa shape index (κ3) is 5.96. The van der Waals surface area contributed by atoms with E-state index in [1.54, 1.807) is 10.9 Å². The van der Waals surface area contributed by atoms with Gasteiger partial charge in [-0.25, -0.2) is 15.3 Å². The van der Waals surface area contributed by atoms with Crippen molar-refractivity contribution in [1.82, 2.24) is 14.8 Å². The van der Waals surface area contributed by atoms with Gasteiger partial charge in [-0.3, -0.25) is 0 Å². The number of carboxylic acids is 1. The molecule has 8 heteroatoms. The van der Waals surface area contributed by atoms with Crippen LogP contribution in [0.25, 0.3) is 16.8 Å². The molecule has 2 aliphatic rings. The van der Waals surface area contributed by atoms with E-state index in [2.05, 4.69) is 30.2 Å². The first-order valence-electron chi connectivity index (χ1n) is 14.0. The summed E-state index contributed by atoms with van der Waals surface area (Å²) >= 11 is 0. The molecule has 0 bridgehead atoms. The number of hydrogen-bond acceptors (Lipinski definition) is 6. The lowest BCUT2D eigenvalue weighted by molar-refractivity contribution is 0.0695. The number of aromatic carboxylic acids is 1. The average Bonchev–Trinajstić information content (AvgIpc) is 3.63. The van der Waals surface area contributed by atoms with E-state index in [0.717, 1.165) is 29.0 Å². The fourth-order valence-corrected chi connectivity index (χ4v) is 5.81. The van der Waals surface area contributed by atoms with Crippen LogP contribution in [0.4, 0.5) is 0 Å². The summed E-state index contributed by atoms with van der Waals surface area (Å²) in [6.07, 6.45) is 10.5. The van der Waals surface area contributed by atoms with E-state index in [-0.39, 0.29) is 23.5 Å². The lowest BCUT2D eigenvalue weighted by atomic mass is 9.86. The van der Waals surface area contributed by atoms with Crippen LogP contribution >= 0.6 is 0 Å². The number of ether oxygens (including phenoxy) is 1. The molecule has 2 fully saturated rings. The zero-order chi connectivity index (χ0) is 27.5. The summed E-state index contributed by atoms with van der Waals surface area (Å²) in [5.41, 5.74) is 10.7. The number of carboxylic acid groups (broad SMARTS) is 1. The van der Waals surface area contributed by atoms with Crippen molar-refractivity contribution in [3.8, 4) is 22.6 Å². The maximum atomic E-state index is 12.1. The van der Waals surface area contributed by atoms with E-state index in [0.29, 0.717) is 23.9 Å². The lowest BCUT2D eigenvalue weighted by Gasteiger charge is -2.28. The van der Waals surface area contributed by atoms with E-state index in [9.17, 15) is 9.90 Å². The third-order valence-corrected chi connectivity index (χ3v) is 8.18. The summed E-state index contributed by atoms with van der Waals surface area (Å²) in [7, 11) is 0. The van der Waals surface area contributed by atoms with Gasteiger partial charge in [0.05, 0.1) is 23.7 Å². The van der Waals surface area contributed by atoms with Crippen molar-refractivity contribution in [3.05, 3.63) is 77.9 Å². The molecule has 0 saturated heterocycles. The monoisotopic (exact) mass is 529 g/mol. The molecule has 2 aliphatic carbocycles. The standard InChI is InChI=1S/C31H39N5O3/c1-3-35(33)19-29(32)26-17-27(26)30-28(31(37)38)18-34-36(30)24-13-7-11-22(15-24)23-12-8-14-25(16-23)39-20(2)21-9-5-4-6-10-21/h7-8,11-16,18-21,26-27H,3-6,9-10,17,32-33H2,1-2H3,(H,37,38)/b29-19-/t20?,26?,27-/m1/s1. The molecule has 0 aliphatic heterocycles. The highest BCUT2D eigenvalue weighted by atomic mass is 16.5. The Balaban J connectivity index is 1.41. The Morgan fingerprint density at radius 3 is 2.62 bits per heavy atom. The van der Waals surface area contributed by atoms with Crippen LogP contribution in [0.2, 0.25) is 0 Å². The van der Waals surface area contributed by atoms with Crippen LogP contribution in [0.3, 0.4) is 0 Å². The first kappa shape index (κ1) is 26.8. The Morgan fingerprint density at radius 2 is 1.90 bits per heavy atom. The van der Waals surface area contributed by atoms with Crippen molar-refractivity contribution in [2.75, 3.05) is 6.54 Å². The van der Waals surface area contributed by atoms with Gasteiger partial charge in [0.15, 0.2) is 0 Å². The van der Waals surface area contributed by atoms with E-state index in [4.69, 9.17) is 16.3 Å². The summed E-state index contributed by atoms with van der Waals surface area (Å²) in [5.74, 6) is 6.38. The molecule has 2 saturated carbocycles. The maximum Gasteiger partial charge on any atom is 0.339 e. The molecule has 3 atom stereocenters. The summed E-state index contributed by atoms with van der Waals surface area (Å²) < 4.78 is 8.12. The zero-order valence-electron chi connectivity index (χ0n) is 22.8. The van der Waals surface area contributed by atoms with Gasteiger partial charge in [0.25, 0.3) is 0 Å². The average molecular weight is 530 g/mol. The van der Waals surface area contributed by atoms with E-state index in [1.165, 1.54) is 43.3 Å². The molecule has 206 valence electrons. The Bertz CT molecular complexity index is 1340. The smallest absolute Gasteiger partial charge is 0.339 e. The Kier molecular flexibility index (Phi) is 7.93. The molecular weight excluding hydrogens is 490 g/mol. The molecule has 39 heavy (non-hydrogen) atoms. The first-order chi connectivity index (χ1) is 18.9. The largest absolute Gasteiger partial charge is 0.490 e. The minimum atomic E-state index is -0.994. The molecular formula is C31H39N5O3.